The lowest BCUT2D eigenvalue weighted by Crippen LogP contribution is -2.46. The number of nitrogens with zero attached hydrogens (tertiary/aromatic N) is 3. The smallest absolute Gasteiger partial charge is 0.246 e. The van der Waals surface area contributed by atoms with Crippen LogP contribution in [0.3, 0.4) is 0 Å². The first-order valence-corrected chi connectivity index (χ1v) is 8.43. The van der Waals surface area contributed by atoms with Crippen LogP contribution in [0.15, 0.2) is 34.9 Å². The maximum Gasteiger partial charge on any atom is 0.246 e. The van der Waals surface area contributed by atoms with Crippen LogP contribution in [0, 0.1) is 5.41 Å². The minimum absolute atomic E-state index is 0.126. The van der Waals surface area contributed by atoms with Gasteiger partial charge in [-0.05, 0) is 18.4 Å². The second kappa shape index (κ2) is 6.36. The van der Waals surface area contributed by atoms with Gasteiger partial charge in [0.05, 0.1) is 13.2 Å². The van der Waals surface area contributed by atoms with Crippen molar-refractivity contribution in [3.05, 3.63) is 47.6 Å². The van der Waals surface area contributed by atoms with Crippen LogP contribution in [-0.4, -0.2) is 40.7 Å². The zero-order valence-corrected chi connectivity index (χ0v) is 13.6. The Bertz CT molecular complexity index is 707. The summed E-state index contributed by atoms with van der Waals surface area (Å²) >= 11 is 0. The van der Waals surface area contributed by atoms with Crippen LogP contribution in [0.1, 0.15) is 36.5 Å². The van der Waals surface area contributed by atoms with Crippen LogP contribution in [0.5, 0.6) is 0 Å². The molecule has 2 aliphatic heterocycles. The third-order valence-electron chi connectivity index (χ3n) is 4.97. The normalized spacial score (nSPS) is 24.0. The Hall–Kier alpha value is -2.21. The second-order valence-corrected chi connectivity index (χ2v) is 6.82. The third-order valence-corrected chi connectivity index (χ3v) is 4.97. The van der Waals surface area contributed by atoms with Crippen molar-refractivity contribution >= 4 is 5.91 Å². The van der Waals surface area contributed by atoms with Crippen LogP contribution in [0.25, 0.3) is 0 Å². The van der Waals surface area contributed by atoms with Crippen LogP contribution < -0.4 is 0 Å². The molecule has 1 atom stereocenters. The molecule has 4 rings (SSSR count). The molecule has 1 aromatic heterocycles. The molecule has 2 fully saturated rings. The van der Waals surface area contributed by atoms with Gasteiger partial charge in [0.15, 0.2) is 5.82 Å². The molecule has 0 N–H and O–H groups in total. The van der Waals surface area contributed by atoms with E-state index in [-0.39, 0.29) is 11.3 Å². The third kappa shape index (κ3) is 3.19. The van der Waals surface area contributed by atoms with E-state index in [4.69, 9.17) is 9.26 Å². The summed E-state index contributed by atoms with van der Waals surface area (Å²) in [5, 5.41) is 4.04. The summed E-state index contributed by atoms with van der Waals surface area (Å²) in [6.45, 7) is 2.66. The largest absolute Gasteiger partial charge is 0.381 e. The van der Waals surface area contributed by atoms with Gasteiger partial charge in [0.2, 0.25) is 11.8 Å². The molecule has 3 heterocycles. The molecule has 2 aliphatic rings. The monoisotopic (exact) mass is 327 g/mol. The highest BCUT2D eigenvalue weighted by atomic mass is 16.5. The number of carbonyl (C=O) groups excluding carboxylic acids is 1. The van der Waals surface area contributed by atoms with Crippen LogP contribution in [0.4, 0.5) is 0 Å². The lowest BCUT2D eigenvalue weighted by molar-refractivity contribution is -0.138. The van der Waals surface area contributed by atoms with Gasteiger partial charge in [-0.15, -0.1) is 0 Å². The molecule has 1 spiro atoms. The summed E-state index contributed by atoms with van der Waals surface area (Å²) in [5.41, 5.74) is 1.27. The van der Waals surface area contributed by atoms with Gasteiger partial charge in [0.25, 0.3) is 0 Å². The minimum Gasteiger partial charge on any atom is -0.381 e. The lowest BCUT2D eigenvalue weighted by atomic mass is 9.79. The number of likely N-dealkylation sites (tertiary alicyclic amines) is 1. The predicted octanol–water partition coefficient (Wildman–Crippen LogP) is 2.19. The fourth-order valence-electron chi connectivity index (χ4n) is 3.59. The van der Waals surface area contributed by atoms with Crippen LogP contribution >= 0.6 is 0 Å². The molecule has 0 radical (unpaired) electrons. The van der Waals surface area contributed by atoms with Gasteiger partial charge >= 0.3 is 0 Å². The molecule has 6 nitrogen and oxygen atoms in total. The first-order chi connectivity index (χ1) is 11.7. The Morgan fingerprint density at radius 3 is 2.88 bits per heavy atom. The summed E-state index contributed by atoms with van der Waals surface area (Å²) in [7, 11) is 0. The molecule has 1 aromatic carbocycles. The van der Waals surface area contributed by atoms with E-state index >= 15 is 0 Å². The molecule has 24 heavy (non-hydrogen) atoms. The van der Waals surface area contributed by atoms with Gasteiger partial charge in [0, 0.05) is 31.4 Å². The highest BCUT2D eigenvalue weighted by Crippen LogP contribution is 2.38. The number of aromatic nitrogens is 2. The van der Waals surface area contributed by atoms with E-state index in [1.165, 1.54) is 0 Å². The molecule has 1 amide bonds. The molecule has 6 heteroatoms. The summed E-state index contributed by atoms with van der Waals surface area (Å²) in [4.78, 5) is 18.5. The number of piperidine rings is 1. The van der Waals surface area contributed by atoms with Crippen LogP contribution in [0.2, 0.25) is 0 Å². The molecule has 0 saturated carbocycles. The van der Waals surface area contributed by atoms with Crippen molar-refractivity contribution in [2.45, 2.75) is 32.2 Å². The lowest BCUT2D eigenvalue weighted by Gasteiger charge is -2.38. The second-order valence-electron chi connectivity index (χ2n) is 6.82. The number of hydrogen-bond acceptors (Lipinski definition) is 5. The van der Waals surface area contributed by atoms with Gasteiger partial charge in [-0.25, -0.2) is 0 Å². The number of hydrogen-bond donors (Lipinski definition) is 0. The summed E-state index contributed by atoms with van der Waals surface area (Å²) in [6.07, 6.45) is 3.16. The Labute approximate surface area is 140 Å². The SMILES string of the molecule is O=C1CC[C@@]2(CCOC2)CN1Cc1nc(Cc2ccccc2)no1. The molecule has 0 aliphatic carbocycles. The fraction of sp³-hybridized carbons (Fsp3) is 0.500. The topological polar surface area (TPSA) is 68.5 Å². The molecule has 0 unspecified atom stereocenters. The quantitative estimate of drug-likeness (QED) is 0.861. The van der Waals surface area contributed by atoms with Gasteiger partial charge in [0.1, 0.15) is 0 Å². The fourth-order valence-corrected chi connectivity index (χ4v) is 3.59. The van der Waals surface area contributed by atoms with E-state index in [1.807, 2.05) is 35.2 Å². The van der Waals surface area contributed by atoms with Crippen molar-refractivity contribution in [2.75, 3.05) is 19.8 Å². The van der Waals surface area contributed by atoms with Crippen molar-refractivity contribution in [1.82, 2.24) is 15.0 Å². The molecular weight excluding hydrogens is 306 g/mol. The van der Waals surface area contributed by atoms with E-state index in [2.05, 4.69) is 10.1 Å². The molecule has 0 bridgehead atoms. The maximum atomic E-state index is 12.2. The van der Waals surface area contributed by atoms with E-state index in [0.717, 1.165) is 38.2 Å². The Morgan fingerprint density at radius 2 is 2.08 bits per heavy atom. The Morgan fingerprint density at radius 1 is 1.21 bits per heavy atom. The summed E-state index contributed by atoms with van der Waals surface area (Å²) < 4.78 is 10.9. The average molecular weight is 327 g/mol. The average Bonchev–Trinajstić information content (AvgIpc) is 3.22. The molecule has 2 saturated heterocycles. The van der Waals surface area contributed by atoms with Gasteiger partial charge < -0.3 is 14.2 Å². The molecule has 126 valence electrons. The van der Waals surface area contributed by atoms with E-state index < -0.39 is 0 Å². The van der Waals surface area contributed by atoms with Gasteiger partial charge in [-0.1, -0.05) is 35.5 Å². The number of benzene rings is 1. The van der Waals surface area contributed by atoms with Crippen molar-refractivity contribution in [3.8, 4) is 0 Å². The van der Waals surface area contributed by atoms with Gasteiger partial charge in [-0.3, -0.25) is 4.79 Å². The Balaban J connectivity index is 1.42. The van der Waals surface area contributed by atoms with E-state index in [0.29, 0.717) is 31.1 Å². The predicted molar refractivity (Wildman–Crippen MR) is 86.1 cm³/mol. The molecule has 2 aromatic rings. The number of amides is 1. The molecular formula is C18H21N3O3. The standard InChI is InChI=1S/C18H21N3O3/c22-17-6-7-18(8-9-23-13-18)12-21(17)11-16-19-15(20-24-16)10-14-4-2-1-3-5-14/h1-5H,6-13H2/t18-/m1/s1. The van der Waals surface area contributed by atoms with Gasteiger partial charge in [-0.2, -0.15) is 4.98 Å². The first kappa shape index (κ1) is 15.3. The van der Waals surface area contributed by atoms with Crippen LogP contribution in [-0.2, 0) is 22.5 Å². The zero-order chi connectivity index (χ0) is 16.4. The zero-order valence-electron chi connectivity index (χ0n) is 13.6. The van der Waals surface area contributed by atoms with Crippen molar-refractivity contribution < 1.29 is 14.1 Å². The van der Waals surface area contributed by atoms with Crippen molar-refractivity contribution in [1.29, 1.82) is 0 Å². The highest BCUT2D eigenvalue weighted by Gasteiger charge is 2.41. The number of ether oxygens (including phenoxy) is 1. The highest BCUT2D eigenvalue weighted by molar-refractivity contribution is 5.77. The number of rotatable bonds is 4. The minimum atomic E-state index is 0.126. The maximum absolute atomic E-state index is 12.2. The van der Waals surface area contributed by atoms with Crippen molar-refractivity contribution in [3.63, 3.8) is 0 Å². The first-order valence-electron chi connectivity index (χ1n) is 8.43. The Kier molecular flexibility index (Phi) is 4.06. The van der Waals surface area contributed by atoms with E-state index in [9.17, 15) is 4.79 Å². The number of carbonyl (C=O) groups is 1. The van der Waals surface area contributed by atoms with Crippen molar-refractivity contribution in [2.24, 2.45) is 5.41 Å². The summed E-state index contributed by atoms with van der Waals surface area (Å²) in [6, 6.07) is 10.0. The summed E-state index contributed by atoms with van der Waals surface area (Å²) in [5.74, 6) is 1.32. The van der Waals surface area contributed by atoms with E-state index in [1.54, 1.807) is 0 Å².